The smallest absolute Gasteiger partial charge is 0.137 e. The van der Waals surface area contributed by atoms with E-state index in [9.17, 15) is 0 Å². The Kier molecular flexibility index (Phi) is 3.44. The average Bonchev–Trinajstić information content (AvgIpc) is 2.64. The molecule has 0 radical (unpaired) electrons. The lowest BCUT2D eigenvalue weighted by Crippen LogP contribution is -2.17. The summed E-state index contributed by atoms with van der Waals surface area (Å²) in [5, 5.41) is 0.480. The Bertz CT molecular complexity index is 315. The number of pyridine rings is 1. The fourth-order valence-electron chi connectivity index (χ4n) is 1.64. The van der Waals surface area contributed by atoms with Crippen LogP contribution >= 0.6 is 11.6 Å². The lowest BCUT2D eigenvalue weighted by molar-refractivity contribution is 0.0264. The fraction of sp³-hybridized carbons (Fsp3) is 0.545. The van der Waals surface area contributed by atoms with Crippen LogP contribution < -0.4 is 4.74 Å². The Labute approximate surface area is 94.4 Å². The van der Waals surface area contributed by atoms with E-state index in [0.29, 0.717) is 17.9 Å². The summed E-state index contributed by atoms with van der Waals surface area (Å²) in [6.07, 6.45) is 4.40. The van der Waals surface area contributed by atoms with Gasteiger partial charge in [-0.05, 0) is 31.9 Å². The molecule has 15 heavy (non-hydrogen) atoms. The molecule has 0 spiro atoms. The van der Waals surface area contributed by atoms with Crippen molar-refractivity contribution in [3.63, 3.8) is 0 Å². The number of rotatable bonds is 3. The summed E-state index contributed by atoms with van der Waals surface area (Å²) in [5.41, 5.74) is 0. The van der Waals surface area contributed by atoms with Gasteiger partial charge in [0.05, 0.1) is 18.4 Å². The molecule has 82 valence electrons. The van der Waals surface area contributed by atoms with Crippen LogP contribution in [0.4, 0.5) is 0 Å². The van der Waals surface area contributed by atoms with Crippen molar-refractivity contribution in [2.75, 3.05) is 6.61 Å². The molecule has 0 aromatic carbocycles. The fourth-order valence-corrected chi connectivity index (χ4v) is 1.76. The van der Waals surface area contributed by atoms with Crippen LogP contribution in [0.1, 0.15) is 19.8 Å². The normalized spacial score (nSPS) is 25.5. The molecular weight excluding hydrogens is 214 g/mol. The highest BCUT2D eigenvalue weighted by Gasteiger charge is 2.22. The van der Waals surface area contributed by atoms with E-state index in [-0.39, 0.29) is 6.10 Å². The molecule has 0 N–H and O–H groups in total. The van der Waals surface area contributed by atoms with Crippen molar-refractivity contribution in [3.05, 3.63) is 23.5 Å². The molecule has 0 aliphatic carbocycles. The third kappa shape index (κ3) is 3.08. The lowest BCUT2D eigenvalue weighted by Gasteiger charge is -2.12. The topological polar surface area (TPSA) is 31.4 Å². The van der Waals surface area contributed by atoms with Gasteiger partial charge >= 0.3 is 0 Å². The number of hydrogen-bond donors (Lipinski definition) is 0. The SMILES string of the molecule is CC1CCC(COc2ccc(Cl)nc2)O1. The maximum atomic E-state index is 5.67. The Morgan fingerprint density at radius 1 is 1.53 bits per heavy atom. The van der Waals surface area contributed by atoms with Gasteiger partial charge in [-0.25, -0.2) is 4.98 Å². The standard InChI is InChI=1S/C11H14ClNO2/c1-8-2-3-10(15-8)7-14-9-4-5-11(12)13-6-9/h4-6,8,10H,2-3,7H2,1H3. The first-order valence-electron chi connectivity index (χ1n) is 5.14. The zero-order chi connectivity index (χ0) is 10.7. The quantitative estimate of drug-likeness (QED) is 0.744. The van der Waals surface area contributed by atoms with Gasteiger partial charge < -0.3 is 9.47 Å². The minimum Gasteiger partial charge on any atom is -0.489 e. The molecule has 1 aromatic heterocycles. The maximum Gasteiger partial charge on any atom is 0.137 e. The van der Waals surface area contributed by atoms with Crippen LogP contribution in [0.2, 0.25) is 5.15 Å². The molecule has 4 heteroatoms. The Morgan fingerprint density at radius 2 is 2.40 bits per heavy atom. The average molecular weight is 228 g/mol. The van der Waals surface area contributed by atoms with Crippen LogP contribution in [0.5, 0.6) is 5.75 Å². The van der Waals surface area contributed by atoms with E-state index in [2.05, 4.69) is 11.9 Å². The molecule has 1 aliphatic rings. The summed E-state index contributed by atoms with van der Waals surface area (Å²) in [6, 6.07) is 3.53. The minimum atomic E-state index is 0.218. The molecular formula is C11H14ClNO2. The molecule has 1 fully saturated rings. The van der Waals surface area contributed by atoms with Gasteiger partial charge in [0, 0.05) is 0 Å². The van der Waals surface area contributed by atoms with E-state index in [1.165, 1.54) is 0 Å². The van der Waals surface area contributed by atoms with Gasteiger partial charge in [-0.1, -0.05) is 11.6 Å². The largest absolute Gasteiger partial charge is 0.489 e. The molecule has 0 amide bonds. The predicted octanol–water partition coefficient (Wildman–Crippen LogP) is 2.68. The molecule has 2 atom stereocenters. The van der Waals surface area contributed by atoms with Gasteiger partial charge in [0.2, 0.25) is 0 Å². The molecule has 2 unspecified atom stereocenters. The van der Waals surface area contributed by atoms with Crippen molar-refractivity contribution in [2.45, 2.75) is 32.0 Å². The molecule has 1 aliphatic heterocycles. The van der Waals surface area contributed by atoms with E-state index in [0.717, 1.165) is 18.6 Å². The van der Waals surface area contributed by atoms with Crippen LogP contribution in [0, 0.1) is 0 Å². The first-order valence-corrected chi connectivity index (χ1v) is 5.51. The van der Waals surface area contributed by atoms with E-state index >= 15 is 0 Å². The second-order valence-electron chi connectivity index (χ2n) is 3.77. The van der Waals surface area contributed by atoms with Gasteiger partial charge in [-0.2, -0.15) is 0 Å². The molecule has 1 saturated heterocycles. The third-order valence-electron chi connectivity index (χ3n) is 2.46. The number of ether oxygens (including phenoxy) is 2. The van der Waals surface area contributed by atoms with Gasteiger partial charge in [-0.15, -0.1) is 0 Å². The van der Waals surface area contributed by atoms with Gasteiger partial charge in [0.15, 0.2) is 0 Å². The molecule has 0 bridgehead atoms. The first kappa shape index (κ1) is 10.7. The monoisotopic (exact) mass is 227 g/mol. The van der Waals surface area contributed by atoms with E-state index in [1.54, 1.807) is 12.3 Å². The maximum absolute atomic E-state index is 5.67. The Balaban J connectivity index is 1.80. The number of halogens is 1. The highest BCUT2D eigenvalue weighted by Crippen LogP contribution is 2.20. The third-order valence-corrected chi connectivity index (χ3v) is 2.68. The van der Waals surface area contributed by atoms with E-state index in [1.807, 2.05) is 6.07 Å². The Hall–Kier alpha value is -0.800. The van der Waals surface area contributed by atoms with E-state index < -0.39 is 0 Å². The minimum absolute atomic E-state index is 0.218. The van der Waals surface area contributed by atoms with Crippen molar-refractivity contribution >= 4 is 11.6 Å². The summed E-state index contributed by atoms with van der Waals surface area (Å²) < 4.78 is 11.2. The van der Waals surface area contributed by atoms with Crippen LogP contribution in [0.25, 0.3) is 0 Å². The highest BCUT2D eigenvalue weighted by atomic mass is 35.5. The van der Waals surface area contributed by atoms with E-state index in [4.69, 9.17) is 21.1 Å². The van der Waals surface area contributed by atoms with Gasteiger partial charge in [0.25, 0.3) is 0 Å². The van der Waals surface area contributed by atoms with Crippen LogP contribution in [0.3, 0.4) is 0 Å². The number of nitrogens with zero attached hydrogens (tertiary/aromatic N) is 1. The first-order chi connectivity index (χ1) is 7.24. The zero-order valence-electron chi connectivity index (χ0n) is 8.65. The summed E-state index contributed by atoms with van der Waals surface area (Å²) in [7, 11) is 0. The molecule has 3 nitrogen and oxygen atoms in total. The predicted molar refractivity (Wildman–Crippen MR) is 58.3 cm³/mol. The molecule has 0 saturated carbocycles. The number of hydrogen-bond acceptors (Lipinski definition) is 3. The summed E-state index contributed by atoms with van der Waals surface area (Å²) >= 11 is 5.67. The van der Waals surface area contributed by atoms with Crippen LogP contribution in [0.15, 0.2) is 18.3 Å². The zero-order valence-corrected chi connectivity index (χ0v) is 9.41. The molecule has 2 heterocycles. The Morgan fingerprint density at radius 3 is 3.00 bits per heavy atom. The second-order valence-corrected chi connectivity index (χ2v) is 4.16. The van der Waals surface area contributed by atoms with Crippen molar-refractivity contribution in [1.82, 2.24) is 4.98 Å². The number of aromatic nitrogens is 1. The molecule has 1 aromatic rings. The van der Waals surface area contributed by atoms with Gasteiger partial charge in [0.1, 0.15) is 17.5 Å². The molecule has 2 rings (SSSR count). The van der Waals surface area contributed by atoms with Crippen molar-refractivity contribution in [3.8, 4) is 5.75 Å². The van der Waals surface area contributed by atoms with Crippen LogP contribution in [-0.2, 0) is 4.74 Å². The van der Waals surface area contributed by atoms with Crippen LogP contribution in [-0.4, -0.2) is 23.8 Å². The van der Waals surface area contributed by atoms with Crippen molar-refractivity contribution in [1.29, 1.82) is 0 Å². The van der Waals surface area contributed by atoms with Crippen molar-refractivity contribution < 1.29 is 9.47 Å². The summed E-state index contributed by atoms with van der Waals surface area (Å²) in [6.45, 7) is 2.68. The van der Waals surface area contributed by atoms with Gasteiger partial charge in [-0.3, -0.25) is 0 Å². The summed E-state index contributed by atoms with van der Waals surface area (Å²) in [5.74, 6) is 0.738. The van der Waals surface area contributed by atoms with Crippen molar-refractivity contribution in [2.24, 2.45) is 0 Å². The second kappa shape index (κ2) is 4.81. The summed E-state index contributed by atoms with van der Waals surface area (Å²) in [4.78, 5) is 3.94. The lowest BCUT2D eigenvalue weighted by atomic mass is 10.2. The highest BCUT2D eigenvalue weighted by molar-refractivity contribution is 6.29.